The first kappa shape index (κ1) is 21.2. The third kappa shape index (κ3) is 4.22. The molecule has 1 fully saturated rings. The van der Waals surface area contributed by atoms with Gasteiger partial charge in [0, 0.05) is 48.8 Å². The average molecular weight is 441 g/mol. The first-order valence-electron chi connectivity index (χ1n) is 11.5. The number of aromatic nitrogens is 2. The largest absolute Gasteiger partial charge is 0.450 e. The predicted molar refractivity (Wildman–Crippen MR) is 130 cm³/mol. The molecule has 1 N–H and O–H groups in total. The van der Waals surface area contributed by atoms with Gasteiger partial charge in [-0.25, -0.2) is 4.79 Å². The molecular weight excluding hydrogens is 412 g/mol. The third-order valence-corrected chi connectivity index (χ3v) is 6.26. The quantitative estimate of drug-likeness (QED) is 0.469. The fourth-order valence-electron chi connectivity index (χ4n) is 4.71. The van der Waals surface area contributed by atoms with E-state index in [4.69, 9.17) is 9.72 Å². The molecule has 1 saturated heterocycles. The normalized spacial score (nSPS) is 15.5. The number of pyridine rings is 1. The van der Waals surface area contributed by atoms with Gasteiger partial charge >= 0.3 is 6.09 Å². The lowest BCUT2D eigenvalue weighted by Gasteiger charge is -2.39. The molecule has 2 aromatic carbocycles. The molecule has 0 bridgehead atoms. The van der Waals surface area contributed by atoms with Gasteiger partial charge in [0.15, 0.2) is 0 Å². The molecule has 1 aliphatic rings. The monoisotopic (exact) mass is 440 g/mol. The number of fused-ring (bicyclic) bond motifs is 1. The smallest absolute Gasteiger partial charge is 0.409 e. The van der Waals surface area contributed by atoms with Crippen LogP contribution in [-0.2, 0) is 4.74 Å². The van der Waals surface area contributed by atoms with E-state index in [0.29, 0.717) is 19.7 Å². The molecule has 33 heavy (non-hydrogen) atoms. The highest BCUT2D eigenvalue weighted by molar-refractivity contribution is 5.91. The van der Waals surface area contributed by atoms with E-state index in [1.54, 1.807) is 4.90 Å². The van der Waals surface area contributed by atoms with Gasteiger partial charge in [0.05, 0.1) is 24.0 Å². The van der Waals surface area contributed by atoms with Gasteiger partial charge in [0.1, 0.15) is 0 Å². The summed E-state index contributed by atoms with van der Waals surface area (Å²) in [7, 11) is 0. The van der Waals surface area contributed by atoms with Crippen molar-refractivity contribution in [3.8, 4) is 11.3 Å². The first-order chi connectivity index (χ1) is 16.3. The number of nitrogens with one attached hydrogen (secondary N) is 1. The van der Waals surface area contributed by atoms with E-state index in [-0.39, 0.29) is 12.1 Å². The van der Waals surface area contributed by atoms with Crippen molar-refractivity contribution in [3.05, 3.63) is 90.3 Å². The number of piperazine rings is 1. The number of carbonyl (C=O) groups excluding carboxylic acids is 1. The number of benzene rings is 2. The topological polar surface area (TPSA) is 61.5 Å². The maximum Gasteiger partial charge on any atom is 0.409 e. The minimum Gasteiger partial charge on any atom is -0.450 e. The average Bonchev–Trinajstić information content (AvgIpc) is 3.25. The number of carbonyl (C=O) groups is 1. The number of rotatable bonds is 5. The molecule has 1 aliphatic heterocycles. The Bertz CT molecular complexity index is 1210. The van der Waals surface area contributed by atoms with Crippen LogP contribution in [0.25, 0.3) is 22.2 Å². The zero-order chi connectivity index (χ0) is 22.6. The summed E-state index contributed by atoms with van der Waals surface area (Å²) in [5, 5.41) is 1.19. The highest BCUT2D eigenvalue weighted by atomic mass is 16.6. The van der Waals surface area contributed by atoms with Crippen LogP contribution < -0.4 is 0 Å². The van der Waals surface area contributed by atoms with E-state index < -0.39 is 0 Å². The third-order valence-electron chi connectivity index (χ3n) is 6.26. The molecule has 0 spiro atoms. The molecule has 0 saturated carbocycles. The molecule has 0 aliphatic carbocycles. The van der Waals surface area contributed by atoms with E-state index in [2.05, 4.69) is 64.5 Å². The molecule has 4 aromatic rings. The summed E-state index contributed by atoms with van der Waals surface area (Å²) in [6, 6.07) is 25.0. The van der Waals surface area contributed by atoms with Gasteiger partial charge in [0.2, 0.25) is 0 Å². The van der Waals surface area contributed by atoms with Crippen LogP contribution in [0.15, 0.2) is 79.0 Å². The second kappa shape index (κ2) is 9.46. The molecule has 168 valence electrons. The number of hydrogen-bond acceptors (Lipinski definition) is 4. The fourth-order valence-corrected chi connectivity index (χ4v) is 4.71. The minimum absolute atomic E-state index is 0.0399. The van der Waals surface area contributed by atoms with Crippen molar-refractivity contribution in [3.63, 3.8) is 0 Å². The van der Waals surface area contributed by atoms with Crippen LogP contribution in [0.1, 0.15) is 24.2 Å². The van der Waals surface area contributed by atoms with Crippen LogP contribution in [0.2, 0.25) is 0 Å². The highest BCUT2D eigenvalue weighted by Gasteiger charge is 2.32. The zero-order valence-electron chi connectivity index (χ0n) is 18.8. The number of H-pyrrole nitrogens is 1. The molecule has 1 unspecified atom stereocenters. The van der Waals surface area contributed by atoms with Crippen molar-refractivity contribution < 1.29 is 9.53 Å². The minimum atomic E-state index is -0.233. The summed E-state index contributed by atoms with van der Waals surface area (Å²) in [6.07, 6.45) is 1.62. The lowest BCUT2D eigenvalue weighted by atomic mass is 9.94. The zero-order valence-corrected chi connectivity index (χ0v) is 18.8. The van der Waals surface area contributed by atoms with E-state index in [1.165, 1.54) is 10.9 Å². The molecule has 1 atom stereocenters. The summed E-state index contributed by atoms with van der Waals surface area (Å²) in [5.74, 6) is 0. The fraction of sp³-hybridized carbons (Fsp3) is 0.259. The Morgan fingerprint density at radius 1 is 0.970 bits per heavy atom. The molecule has 0 radical (unpaired) electrons. The summed E-state index contributed by atoms with van der Waals surface area (Å²) in [6.45, 7) is 4.98. The van der Waals surface area contributed by atoms with E-state index >= 15 is 0 Å². The Labute approximate surface area is 193 Å². The molecule has 5 rings (SSSR count). The summed E-state index contributed by atoms with van der Waals surface area (Å²) >= 11 is 0. The SMILES string of the molecule is CCOC(=O)N1CCN(C(c2ccccn2)c2c(-c3ccccc3)[nH]c3ccccc23)CC1. The maximum absolute atomic E-state index is 12.3. The molecular formula is C27H28N4O2. The highest BCUT2D eigenvalue weighted by Crippen LogP contribution is 2.40. The van der Waals surface area contributed by atoms with Gasteiger partial charge in [-0.3, -0.25) is 9.88 Å². The number of amides is 1. The number of hydrogen-bond donors (Lipinski definition) is 1. The van der Waals surface area contributed by atoms with Gasteiger partial charge in [-0.05, 0) is 30.7 Å². The van der Waals surface area contributed by atoms with Crippen molar-refractivity contribution in [2.45, 2.75) is 13.0 Å². The van der Waals surface area contributed by atoms with Crippen molar-refractivity contribution in [1.29, 1.82) is 0 Å². The lowest BCUT2D eigenvalue weighted by molar-refractivity contribution is 0.0712. The molecule has 6 nitrogen and oxygen atoms in total. The number of ether oxygens (including phenoxy) is 1. The van der Waals surface area contributed by atoms with Gasteiger partial charge in [-0.15, -0.1) is 0 Å². The standard InChI is InChI=1S/C27H28N4O2/c1-2-33-27(32)31-18-16-30(17-19-31)26(23-14-8-9-15-28-23)24-21-12-6-7-13-22(21)29-25(24)20-10-4-3-5-11-20/h3-15,26,29H,2,16-19H2,1H3. The van der Waals surface area contributed by atoms with Crippen LogP contribution in [0.3, 0.4) is 0 Å². The summed E-state index contributed by atoms with van der Waals surface area (Å²) in [4.78, 5) is 24.9. The van der Waals surface area contributed by atoms with E-state index in [1.807, 2.05) is 31.3 Å². The van der Waals surface area contributed by atoms with Crippen LogP contribution in [0, 0.1) is 0 Å². The molecule has 3 heterocycles. The van der Waals surface area contributed by atoms with Crippen molar-refractivity contribution in [1.82, 2.24) is 19.8 Å². The van der Waals surface area contributed by atoms with Crippen LogP contribution in [0.4, 0.5) is 4.79 Å². The van der Waals surface area contributed by atoms with E-state index in [9.17, 15) is 4.79 Å². The van der Waals surface area contributed by atoms with Crippen molar-refractivity contribution in [2.24, 2.45) is 0 Å². The molecule has 6 heteroatoms. The van der Waals surface area contributed by atoms with E-state index in [0.717, 1.165) is 35.6 Å². The van der Waals surface area contributed by atoms with Crippen LogP contribution in [0.5, 0.6) is 0 Å². The van der Waals surface area contributed by atoms with Crippen LogP contribution >= 0.6 is 0 Å². The number of para-hydroxylation sites is 1. The Morgan fingerprint density at radius 3 is 2.42 bits per heavy atom. The second-order valence-electron chi connectivity index (χ2n) is 8.20. The van der Waals surface area contributed by atoms with Crippen LogP contribution in [-0.4, -0.2) is 58.6 Å². The van der Waals surface area contributed by atoms with Gasteiger partial charge < -0.3 is 14.6 Å². The Kier molecular flexibility index (Phi) is 6.09. The second-order valence-corrected chi connectivity index (χ2v) is 8.20. The Hall–Kier alpha value is -3.64. The number of nitrogens with zero attached hydrogens (tertiary/aromatic N) is 3. The number of aromatic amines is 1. The summed E-state index contributed by atoms with van der Waals surface area (Å²) in [5.41, 5.74) is 5.59. The predicted octanol–water partition coefficient (Wildman–Crippen LogP) is 5.09. The van der Waals surface area contributed by atoms with Gasteiger partial charge in [-0.1, -0.05) is 54.6 Å². The van der Waals surface area contributed by atoms with Crippen molar-refractivity contribution in [2.75, 3.05) is 32.8 Å². The first-order valence-corrected chi connectivity index (χ1v) is 11.5. The van der Waals surface area contributed by atoms with Gasteiger partial charge in [0.25, 0.3) is 0 Å². The summed E-state index contributed by atoms with van der Waals surface area (Å²) < 4.78 is 5.22. The Morgan fingerprint density at radius 2 is 1.70 bits per heavy atom. The Balaban J connectivity index is 1.60. The molecule has 1 amide bonds. The lowest BCUT2D eigenvalue weighted by Crippen LogP contribution is -2.50. The molecule has 2 aromatic heterocycles. The van der Waals surface area contributed by atoms with Crippen molar-refractivity contribution >= 4 is 17.0 Å². The maximum atomic E-state index is 12.3. The van der Waals surface area contributed by atoms with Gasteiger partial charge in [-0.2, -0.15) is 0 Å².